The summed E-state index contributed by atoms with van der Waals surface area (Å²) in [5, 5.41) is 6.76. The van der Waals surface area contributed by atoms with E-state index in [9.17, 15) is 0 Å². The summed E-state index contributed by atoms with van der Waals surface area (Å²) in [6.45, 7) is 10.4. The molecule has 1 saturated heterocycles. The highest BCUT2D eigenvalue weighted by Crippen LogP contribution is 2.23. The van der Waals surface area contributed by atoms with Crippen molar-refractivity contribution >= 4 is 35.6 Å². The van der Waals surface area contributed by atoms with Crippen molar-refractivity contribution in [1.82, 2.24) is 10.6 Å². The zero-order valence-corrected chi connectivity index (χ0v) is 16.3. The van der Waals surface area contributed by atoms with Gasteiger partial charge in [-0.05, 0) is 51.3 Å². The molecule has 1 heterocycles. The van der Waals surface area contributed by atoms with Gasteiger partial charge in [0.2, 0.25) is 0 Å². The molecular weight excluding hydrogens is 387 g/mol. The molecule has 1 unspecified atom stereocenters. The molecule has 1 aromatic rings. The van der Waals surface area contributed by atoms with Crippen LogP contribution < -0.4 is 15.5 Å². The maximum atomic E-state index is 4.46. The molecule has 0 radical (unpaired) electrons. The van der Waals surface area contributed by atoms with E-state index in [2.05, 4.69) is 65.6 Å². The van der Waals surface area contributed by atoms with Gasteiger partial charge in [0.25, 0.3) is 0 Å². The molecule has 124 valence electrons. The van der Waals surface area contributed by atoms with Crippen LogP contribution in [0.25, 0.3) is 0 Å². The molecule has 1 atom stereocenters. The van der Waals surface area contributed by atoms with E-state index in [1.165, 1.54) is 37.2 Å². The van der Waals surface area contributed by atoms with Crippen LogP contribution in [0.15, 0.2) is 29.3 Å². The molecule has 2 N–H and O–H groups in total. The van der Waals surface area contributed by atoms with Crippen LogP contribution in [0.3, 0.4) is 0 Å². The highest BCUT2D eigenvalue weighted by atomic mass is 127. The maximum absolute atomic E-state index is 4.46. The molecule has 22 heavy (non-hydrogen) atoms. The minimum atomic E-state index is 0. The largest absolute Gasteiger partial charge is 0.372 e. The Morgan fingerprint density at radius 3 is 2.64 bits per heavy atom. The lowest BCUT2D eigenvalue weighted by Gasteiger charge is -2.22. The Morgan fingerprint density at radius 1 is 1.27 bits per heavy atom. The van der Waals surface area contributed by atoms with Crippen LogP contribution in [-0.4, -0.2) is 32.1 Å². The summed E-state index contributed by atoms with van der Waals surface area (Å²) in [4.78, 5) is 6.94. The Balaban J connectivity index is 0.00000242. The fraction of sp³-hybridized carbons (Fsp3) is 0.588. The number of anilines is 1. The SMILES string of the molecule is CCN=C(NCC)NC(C)c1cccc(N2CCCC2)c1.I. The number of rotatable bonds is 5. The van der Waals surface area contributed by atoms with E-state index in [1.54, 1.807) is 0 Å². The number of halogens is 1. The van der Waals surface area contributed by atoms with Crippen molar-refractivity contribution < 1.29 is 0 Å². The van der Waals surface area contributed by atoms with Gasteiger partial charge in [0.15, 0.2) is 5.96 Å². The van der Waals surface area contributed by atoms with E-state index in [4.69, 9.17) is 0 Å². The molecule has 5 heteroatoms. The fourth-order valence-corrected chi connectivity index (χ4v) is 2.73. The predicted octanol–water partition coefficient (Wildman–Crippen LogP) is 3.54. The molecule has 0 amide bonds. The molecule has 1 fully saturated rings. The van der Waals surface area contributed by atoms with Gasteiger partial charge >= 0.3 is 0 Å². The Bertz CT molecular complexity index is 469. The van der Waals surface area contributed by atoms with Crippen LogP contribution in [0.4, 0.5) is 5.69 Å². The number of nitrogens with one attached hydrogen (secondary N) is 2. The van der Waals surface area contributed by atoms with Gasteiger partial charge in [-0.3, -0.25) is 4.99 Å². The quantitative estimate of drug-likeness (QED) is 0.438. The monoisotopic (exact) mass is 416 g/mol. The fourth-order valence-electron chi connectivity index (χ4n) is 2.73. The van der Waals surface area contributed by atoms with Crippen molar-refractivity contribution in [2.24, 2.45) is 4.99 Å². The first-order chi connectivity index (χ1) is 10.2. The third-order valence-electron chi connectivity index (χ3n) is 3.86. The van der Waals surface area contributed by atoms with Gasteiger partial charge in [-0.15, -0.1) is 24.0 Å². The lowest BCUT2D eigenvalue weighted by Crippen LogP contribution is -2.38. The first-order valence-corrected chi connectivity index (χ1v) is 8.14. The maximum Gasteiger partial charge on any atom is 0.191 e. The highest BCUT2D eigenvalue weighted by Gasteiger charge is 2.14. The predicted molar refractivity (Wildman–Crippen MR) is 107 cm³/mol. The zero-order chi connectivity index (χ0) is 15.1. The van der Waals surface area contributed by atoms with Crippen LogP contribution in [0.2, 0.25) is 0 Å². The normalized spacial score (nSPS) is 16.1. The molecule has 0 bridgehead atoms. The summed E-state index contributed by atoms with van der Waals surface area (Å²) in [7, 11) is 0. The van der Waals surface area contributed by atoms with Gasteiger partial charge in [-0.2, -0.15) is 0 Å². The number of hydrogen-bond acceptors (Lipinski definition) is 2. The molecule has 0 aromatic heterocycles. The zero-order valence-electron chi connectivity index (χ0n) is 13.9. The van der Waals surface area contributed by atoms with Crippen LogP contribution >= 0.6 is 24.0 Å². The third kappa shape index (κ3) is 5.34. The van der Waals surface area contributed by atoms with E-state index >= 15 is 0 Å². The minimum absolute atomic E-state index is 0. The molecule has 0 aliphatic carbocycles. The first kappa shape index (κ1) is 19.1. The van der Waals surface area contributed by atoms with Gasteiger partial charge in [0, 0.05) is 31.9 Å². The molecule has 0 saturated carbocycles. The van der Waals surface area contributed by atoms with Gasteiger partial charge < -0.3 is 15.5 Å². The van der Waals surface area contributed by atoms with E-state index < -0.39 is 0 Å². The van der Waals surface area contributed by atoms with Gasteiger partial charge in [0.05, 0.1) is 6.04 Å². The Labute approximate surface area is 151 Å². The van der Waals surface area contributed by atoms with Gasteiger partial charge in [-0.25, -0.2) is 0 Å². The summed E-state index contributed by atoms with van der Waals surface area (Å²) < 4.78 is 0. The second kappa shape index (κ2) is 9.92. The van der Waals surface area contributed by atoms with Crippen LogP contribution in [0.5, 0.6) is 0 Å². The molecule has 0 spiro atoms. The standard InChI is InChI=1S/C17H28N4.HI/c1-4-18-17(19-5-2)20-14(3)15-9-8-10-16(13-15)21-11-6-7-12-21;/h8-10,13-14H,4-7,11-12H2,1-3H3,(H2,18,19,20);1H. The van der Waals surface area contributed by atoms with E-state index in [-0.39, 0.29) is 30.0 Å². The average Bonchev–Trinajstić information content (AvgIpc) is 3.02. The Morgan fingerprint density at radius 2 is 2.00 bits per heavy atom. The van der Waals surface area contributed by atoms with Crippen molar-refractivity contribution in [1.29, 1.82) is 0 Å². The van der Waals surface area contributed by atoms with Gasteiger partial charge in [0.1, 0.15) is 0 Å². The van der Waals surface area contributed by atoms with Crippen molar-refractivity contribution in [3.63, 3.8) is 0 Å². The Kier molecular flexibility index (Phi) is 8.60. The number of guanidine groups is 1. The number of hydrogen-bond donors (Lipinski definition) is 2. The minimum Gasteiger partial charge on any atom is -0.372 e. The summed E-state index contributed by atoms with van der Waals surface area (Å²) >= 11 is 0. The lowest BCUT2D eigenvalue weighted by molar-refractivity contribution is 0.687. The summed E-state index contributed by atoms with van der Waals surface area (Å²) in [6.07, 6.45) is 2.62. The number of nitrogens with zero attached hydrogens (tertiary/aromatic N) is 2. The number of benzene rings is 1. The molecule has 1 aliphatic heterocycles. The second-order valence-corrected chi connectivity index (χ2v) is 5.51. The van der Waals surface area contributed by atoms with Crippen molar-refractivity contribution in [3.05, 3.63) is 29.8 Å². The first-order valence-electron chi connectivity index (χ1n) is 8.14. The van der Waals surface area contributed by atoms with E-state index in [1.807, 2.05) is 0 Å². The van der Waals surface area contributed by atoms with Crippen LogP contribution in [0, 0.1) is 0 Å². The van der Waals surface area contributed by atoms with Gasteiger partial charge in [-0.1, -0.05) is 12.1 Å². The summed E-state index contributed by atoms with van der Waals surface area (Å²) in [5.74, 6) is 0.888. The molecule has 2 rings (SSSR count). The molecule has 4 nitrogen and oxygen atoms in total. The van der Waals surface area contributed by atoms with Crippen LogP contribution in [0.1, 0.15) is 45.2 Å². The van der Waals surface area contributed by atoms with Crippen molar-refractivity contribution in [3.8, 4) is 0 Å². The Hall–Kier alpha value is -0.980. The lowest BCUT2D eigenvalue weighted by atomic mass is 10.1. The van der Waals surface area contributed by atoms with Crippen molar-refractivity contribution in [2.75, 3.05) is 31.1 Å². The summed E-state index contributed by atoms with van der Waals surface area (Å²) in [5.41, 5.74) is 2.65. The van der Waals surface area contributed by atoms with Crippen molar-refractivity contribution in [2.45, 2.75) is 39.7 Å². The topological polar surface area (TPSA) is 39.7 Å². The molecular formula is C17H29IN4. The van der Waals surface area contributed by atoms with E-state index in [0.29, 0.717) is 0 Å². The number of aliphatic imine (C=N–C) groups is 1. The molecule has 1 aliphatic rings. The second-order valence-electron chi connectivity index (χ2n) is 5.51. The highest BCUT2D eigenvalue weighted by molar-refractivity contribution is 14.0. The van der Waals surface area contributed by atoms with Crippen LogP contribution in [-0.2, 0) is 0 Å². The molecule has 1 aromatic carbocycles. The van der Waals surface area contributed by atoms with E-state index in [0.717, 1.165) is 19.0 Å². The smallest absolute Gasteiger partial charge is 0.191 e. The summed E-state index contributed by atoms with van der Waals surface area (Å²) in [6, 6.07) is 9.11. The average molecular weight is 416 g/mol. The third-order valence-corrected chi connectivity index (χ3v) is 3.86.